The highest BCUT2D eigenvalue weighted by atomic mass is 35.5. The van der Waals surface area contributed by atoms with Gasteiger partial charge in [0.1, 0.15) is 29.2 Å². The van der Waals surface area contributed by atoms with Crippen molar-refractivity contribution in [1.29, 1.82) is 0 Å². The zero-order valence-electron chi connectivity index (χ0n) is 16.8. The van der Waals surface area contributed by atoms with Crippen molar-refractivity contribution in [3.63, 3.8) is 0 Å². The average Bonchev–Trinajstić information content (AvgIpc) is 3.22. The van der Waals surface area contributed by atoms with Crippen molar-refractivity contribution in [2.75, 3.05) is 0 Å². The van der Waals surface area contributed by atoms with Gasteiger partial charge < -0.3 is 9.63 Å². The summed E-state index contributed by atoms with van der Waals surface area (Å²) >= 11 is 5.88. The summed E-state index contributed by atoms with van der Waals surface area (Å²) in [7, 11) is 0. The van der Waals surface area contributed by atoms with Gasteiger partial charge in [-0.3, -0.25) is 4.98 Å². The van der Waals surface area contributed by atoms with Gasteiger partial charge in [0.25, 0.3) is 0 Å². The van der Waals surface area contributed by atoms with Crippen LogP contribution in [0.15, 0.2) is 77.6 Å². The fraction of sp³-hybridized carbons (Fsp3) is 0.0400. The van der Waals surface area contributed by atoms with Crippen LogP contribution in [0.5, 0.6) is 0 Å². The first-order valence-corrected chi connectivity index (χ1v) is 10.2. The molecule has 3 aromatic carbocycles. The van der Waals surface area contributed by atoms with Gasteiger partial charge in [0.15, 0.2) is 5.76 Å². The van der Waals surface area contributed by atoms with Crippen molar-refractivity contribution in [2.24, 2.45) is 0 Å². The average molecular weight is 467 g/mol. The number of hydrogen-bond donors (Lipinski definition) is 1. The van der Waals surface area contributed by atoms with E-state index < -0.39 is 23.6 Å². The third kappa shape index (κ3) is 3.75. The largest absolute Gasteiger partial charge is 0.383 e. The predicted molar refractivity (Wildman–Crippen MR) is 118 cm³/mol. The van der Waals surface area contributed by atoms with Crippen molar-refractivity contribution in [3.05, 3.63) is 107 Å². The lowest BCUT2D eigenvalue weighted by Gasteiger charge is -2.15. The van der Waals surface area contributed by atoms with Gasteiger partial charge in [-0.15, -0.1) is 0 Å². The molecule has 0 bridgehead atoms. The van der Waals surface area contributed by atoms with Gasteiger partial charge in [0, 0.05) is 40.0 Å². The maximum Gasteiger partial charge on any atom is 0.176 e. The Labute approximate surface area is 190 Å². The molecule has 5 rings (SSSR count). The van der Waals surface area contributed by atoms with Crippen molar-refractivity contribution in [3.8, 4) is 22.6 Å². The summed E-state index contributed by atoms with van der Waals surface area (Å²) in [5.41, 5.74) is 0.227. The number of halogens is 4. The number of aliphatic hydroxyl groups is 1. The second kappa shape index (κ2) is 8.35. The van der Waals surface area contributed by atoms with E-state index in [4.69, 9.17) is 16.1 Å². The molecule has 1 atom stereocenters. The Morgan fingerprint density at radius 1 is 0.879 bits per heavy atom. The van der Waals surface area contributed by atoms with Gasteiger partial charge in [-0.05, 0) is 35.7 Å². The van der Waals surface area contributed by atoms with Crippen LogP contribution in [0.1, 0.15) is 17.2 Å². The molecular weight excluding hydrogens is 453 g/mol. The van der Waals surface area contributed by atoms with Crippen LogP contribution >= 0.6 is 11.6 Å². The molecule has 0 radical (unpaired) electrons. The minimum absolute atomic E-state index is 0.000772. The smallest absolute Gasteiger partial charge is 0.176 e. The van der Waals surface area contributed by atoms with Gasteiger partial charge in [-0.1, -0.05) is 41.0 Å². The maximum atomic E-state index is 14.8. The summed E-state index contributed by atoms with van der Waals surface area (Å²) in [6.45, 7) is 0. The minimum atomic E-state index is -1.42. The first kappa shape index (κ1) is 21.2. The molecule has 0 saturated heterocycles. The lowest BCUT2D eigenvalue weighted by atomic mass is 9.92. The molecule has 2 heterocycles. The topological polar surface area (TPSA) is 59.2 Å². The van der Waals surface area contributed by atoms with Crippen LogP contribution in [0.4, 0.5) is 13.2 Å². The Bertz CT molecular complexity index is 1430. The molecule has 4 nitrogen and oxygen atoms in total. The van der Waals surface area contributed by atoms with E-state index in [1.807, 2.05) is 12.1 Å². The molecule has 164 valence electrons. The molecule has 1 N–H and O–H groups in total. The highest BCUT2D eigenvalue weighted by Crippen LogP contribution is 2.42. The first-order chi connectivity index (χ1) is 15.9. The van der Waals surface area contributed by atoms with Crippen molar-refractivity contribution in [2.45, 2.75) is 6.10 Å². The fourth-order valence-corrected chi connectivity index (χ4v) is 3.97. The Balaban J connectivity index is 1.78. The predicted octanol–water partition coefficient (Wildman–Crippen LogP) is 6.71. The maximum absolute atomic E-state index is 14.8. The number of nitrogens with zero attached hydrogens (tertiary/aromatic N) is 2. The summed E-state index contributed by atoms with van der Waals surface area (Å²) in [6, 6.07) is 14.1. The number of pyridine rings is 1. The van der Waals surface area contributed by atoms with Crippen LogP contribution < -0.4 is 0 Å². The zero-order chi connectivity index (χ0) is 23.1. The van der Waals surface area contributed by atoms with E-state index in [0.29, 0.717) is 17.0 Å². The van der Waals surface area contributed by atoms with Gasteiger partial charge in [-0.2, -0.15) is 0 Å². The Morgan fingerprint density at radius 3 is 2.42 bits per heavy atom. The highest BCUT2D eigenvalue weighted by Gasteiger charge is 2.30. The number of benzene rings is 3. The van der Waals surface area contributed by atoms with Crippen molar-refractivity contribution < 1.29 is 22.8 Å². The van der Waals surface area contributed by atoms with E-state index in [-0.39, 0.29) is 33.2 Å². The van der Waals surface area contributed by atoms with Crippen molar-refractivity contribution in [1.82, 2.24) is 10.1 Å². The van der Waals surface area contributed by atoms with E-state index in [0.717, 1.165) is 17.5 Å². The molecule has 0 saturated carbocycles. The van der Waals surface area contributed by atoms with Gasteiger partial charge >= 0.3 is 0 Å². The molecule has 33 heavy (non-hydrogen) atoms. The molecule has 2 aromatic heterocycles. The summed E-state index contributed by atoms with van der Waals surface area (Å²) in [5.74, 6) is -2.55. The van der Waals surface area contributed by atoms with Gasteiger partial charge in [0.05, 0.1) is 11.1 Å². The van der Waals surface area contributed by atoms with Gasteiger partial charge in [-0.25, -0.2) is 13.2 Å². The zero-order valence-corrected chi connectivity index (χ0v) is 17.5. The fourth-order valence-electron chi connectivity index (χ4n) is 3.81. The normalized spacial score (nSPS) is 12.3. The van der Waals surface area contributed by atoms with Crippen LogP contribution in [0.25, 0.3) is 33.4 Å². The standard InChI is InChI=1S/C25H14ClF3N2O2/c26-14-5-7-17(20(28)9-14)23-22(25(33-31-23)18-8-6-15(27)10-21(18)29)24(32)19-12-30-11-13-3-1-2-4-16(13)19/h1-12,24,32H. The SMILES string of the molecule is OC(c1c(-c2ccc(Cl)cc2F)noc1-c1ccc(F)cc1F)c1cncc2ccccc12. The lowest BCUT2D eigenvalue weighted by Crippen LogP contribution is -2.05. The van der Waals surface area contributed by atoms with Crippen LogP contribution in [0.2, 0.25) is 5.02 Å². The molecule has 0 aliphatic carbocycles. The third-order valence-electron chi connectivity index (χ3n) is 5.36. The number of fused-ring (bicyclic) bond motifs is 1. The summed E-state index contributed by atoms with van der Waals surface area (Å²) in [5, 5.41) is 17.0. The van der Waals surface area contributed by atoms with E-state index in [2.05, 4.69) is 10.1 Å². The molecule has 0 aliphatic heterocycles. The number of hydrogen-bond acceptors (Lipinski definition) is 4. The summed E-state index contributed by atoms with van der Waals surface area (Å²) in [4.78, 5) is 4.18. The Kier molecular flexibility index (Phi) is 5.36. The van der Waals surface area contributed by atoms with Crippen LogP contribution in [0.3, 0.4) is 0 Å². The van der Waals surface area contributed by atoms with E-state index in [9.17, 15) is 18.3 Å². The number of aliphatic hydroxyl groups excluding tert-OH is 1. The second-order valence-corrected chi connectivity index (χ2v) is 7.81. The molecular formula is C25H14ClF3N2O2. The summed E-state index contributed by atoms with van der Waals surface area (Å²) in [6.07, 6.45) is 1.69. The molecule has 0 aliphatic rings. The first-order valence-electron chi connectivity index (χ1n) is 9.85. The van der Waals surface area contributed by atoms with Crippen molar-refractivity contribution >= 4 is 22.4 Å². The van der Waals surface area contributed by atoms with E-state index in [1.165, 1.54) is 24.4 Å². The van der Waals surface area contributed by atoms with E-state index in [1.54, 1.807) is 18.3 Å². The molecule has 8 heteroatoms. The molecule has 0 amide bonds. The van der Waals surface area contributed by atoms with Crippen LogP contribution in [0, 0.1) is 17.5 Å². The molecule has 1 unspecified atom stereocenters. The third-order valence-corrected chi connectivity index (χ3v) is 5.59. The molecule has 5 aromatic rings. The monoisotopic (exact) mass is 466 g/mol. The van der Waals surface area contributed by atoms with E-state index >= 15 is 0 Å². The summed E-state index contributed by atoms with van der Waals surface area (Å²) < 4.78 is 48.4. The second-order valence-electron chi connectivity index (χ2n) is 7.37. The Morgan fingerprint density at radius 2 is 1.64 bits per heavy atom. The lowest BCUT2D eigenvalue weighted by molar-refractivity contribution is 0.221. The quantitative estimate of drug-likeness (QED) is 0.320. The van der Waals surface area contributed by atoms with Gasteiger partial charge in [0.2, 0.25) is 0 Å². The highest BCUT2D eigenvalue weighted by molar-refractivity contribution is 6.30. The molecule has 0 spiro atoms. The Hall–Kier alpha value is -3.68. The minimum Gasteiger partial charge on any atom is -0.383 e. The van der Waals surface area contributed by atoms with Crippen LogP contribution in [-0.4, -0.2) is 15.2 Å². The number of rotatable bonds is 4. The number of aromatic nitrogens is 2. The van der Waals surface area contributed by atoms with Crippen LogP contribution in [-0.2, 0) is 0 Å². The molecule has 0 fully saturated rings.